The highest BCUT2D eigenvalue weighted by Crippen LogP contribution is 2.33. The van der Waals surface area contributed by atoms with Crippen LogP contribution in [0.3, 0.4) is 0 Å². The van der Waals surface area contributed by atoms with E-state index in [9.17, 15) is 22.8 Å². The molecule has 1 atom stereocenters. The second kappa shape index (κ2) is 11.8. The van der Waals surface area contributed by atoms with E-state index in [0.29, 0.717) is 18.6 Å². The van der Waals surface area contributed by atoms with Gasteiger partial charge in [0.1, 0.15) is 11.7 Å². The minimum atomic E-state index is -4.61. The first-order chi connectivity index (χ1) is 16.7. The third kappa shape index (κ3) is 7.28. The molecule has 3 rings (SSSR count). The van der Waals surface area contributed by atoms with Gasteiger partial charge in [-0.2, -0.15) is 13.2 Å². The Morgan fingerprint density at radius 3 is 1.86 bits per heavy atom. The van der Waals surface area contributed by atoms with Crippen molar-refractivity contribution >= 4 is 11.8 Å². The summed E-state index contributed by atoms with van der Waals surface area (Å²) in [4.78, 5) is 25.1. The average molecular weight is 483 g/mol. The van der Waals surface area contributed by atoms with Gasteiger partial charge in [-0.15, -0.1) is 0 Å². The number of aryl methyl sites for hydroxylation is 1. The fourth-order valence-electron chi connectivity index (χ4n) is 3.82. The third-order valence-corrected chi connectivity index (χ3v) is 5.91. The molecule has 0 aliphatic heterocycles. The SMILES string of the molecule is CCCCCC[C@@H](C(=O)c1ccc(C(=O)Oc2ccc(-c3ccc(C)cc3)cc2)cc1)C(F)(F)F. The summed E-state index contributed by atoms with van der Waals surface area (Å²) in [6, 6.07) is 20.2. The van der Waals surface area contributed by atoms with Gasteiger partial charge in [0.2, 0.25) is 0 Å². The molecule has 0 saturated carbocycles. The summed E-state index contributed by atoms with van der Waals surface area (Å²) in [5.74, 6) is -3.32. The van der Waals surface area contributed by atoms with Crippen LogP contribution in [-0.2, 0) is 0 Å². The fourth-order valence-corrected chi connectivity index (χ4v) is 3.82. The van der Waals surface area contributed by atoms with E-state index in [1.54, 1.807) is 12.1 Å². The van der Waals surface area contributed by atoms with Gasteiger partial charge in [0, 0.05) is 5.56 Å². The van der Waals surface area contributed by atoms with E-state index < -0.39 is 23.8 Å². The standard InChI is InChI=1S/C29H29F3O3/c1-3-4-5-6-7-26(29(30,31)32)27(33)23-12-14-24(15-13-23)28(34)35-25-18-16-22(17-19-25)21-10-8-20(2)9-11-21/h8-19,26H,3-7H2,1-2H3/t26-/m0/s1. The molecule has 0 aliphatic carbocycles. The molecule has 0 aromatic heterocycles. The summed E-state index contributed by atoms with van der Waals surface area (Å²) >= 11 is 0. The minimum absolute atomic E-state index is 0.0678. The molecular weight excluding hydrogens is 453 g/mol. The molecule has 0 N–H and O–H groups in total. The number of esters is 1. The van der Waals surface area contributed by atoms with Crippen molar-refractivity contribution in [2.75, 3.05) is 0 Å². The Labute approximate surface area is 203 Å². The van der Waals surface area contributed by atoms with Crippen molar-refractivity contribution in [1.82, 2.24) is 0 Å². The number of alkyl halides is 3. The van der Waals surface area contributed by atoms with Gasteiger partial charge in [0.15, 0.2) is 5.78 Å². The molecular formula is C29H29F3O3. The molecule has 184 valence electrons. The lowest BCUT2D eigenvalue weighted by Gasteiger charge is -2.19. The highest BCUT2D eigenvalue weighted by Gasteiger charge is 2.44. The number of carbonyl (C=O) groups is 2. The quantitative estimate of drug-likeness (QED) is 0.127. The number of rotatable bonds is 10. The van der Waals surface area contributed by atoms with Gasteiger partial charge in [-0.05, 0) is 48.7 Å². The molecule has 0 saturated heterocycles. The first-order valence-corrected chi connectivity index (χ1v) is 11.8. The van der Waals surface area contributed by atoms with E-state index in [4.69, 9.17) is 4.74 Å². The number of hydrogen-bond donors (Lipinski definition) is 0. The van der Waals surface area contributed by atoms with Crippen LogP contribution in [0.2, 0.25) is 0 Å². The van der Waals surface area contributed by atoms with E-state index >= 15 is 0 Å². The summed E-state index contributed by atoms with van der Waals surface area (Å²) in [5.41, 5.74) is 3.25. The topological polar surface area (TPSA) is 43.4 Å². The van der Waals surface area contributed by atoms with Crippen LogP contribution in [0.5, 0.6) is 5.75 Å². The predicted octanol–water partition coefficient (Wildman–Crippen LogP) is 8.21. The number of carbonyl (C=O) groups excluding carboxylic acids is 2. The van der Waals surface area contributed by atoms with Crippen molar-refractivity contribution in [2.24, 2.45) is 5.92 Å². The highest BCUT2D eigenvalue weighted by atomic mass is 19.4. The molecule has 0 aliphatic rings. The third-order valence-electron chi connectivity index (χ3n) is 5.91. The maximum absolute atomic E-state index is 13.5. The Hall–Kier alpha value is -3.41. The van der Waals surface area contributed by atoms with Crippen molar-refractivity contribution in [2.45, 2.75) is 52.1 Å². The van der Waals surface area contributed by atoms with E-state index in [-0.39, 0.29) is 17.5 Å². The predicted molar refractivity (Wildman–Crippen MR) is 131 cm³/mol. The molecule has 3 nitrogen and oxygen atoms in total. The van der Waals surface area contributed by atoms with Crippen molar-refractivity contribution in [3.63, 3.8) is 0 Å². The molecule has 0 fully saturated rings. The molecule has 6 heteroatoms. The zero-order valence-corrected chi connectivity index (χ0v) is 19.9. The summed E-state index contributed by atoms with van der Waals surface area (Å²) < 4.78 is 45.8. The van der Waals surface area contributed by atoms with E-state index in [0.717, 1.165) is 29.5 Å². The van der Waals surface area contributed by atoms with Gasteiger partial charge in [0.25, 0.3) is 0 Å². The highest BCUT2D eigenvalue weighted by molar-refractivity contribution is 5.99. The van der Waals surface area contributed by atoms with Crippen molar-refractivity contribution in [1.29, 1.82) is 0 Å². The Bertz CT molecular complexity index is 1120. The summed E-state index contributed by atoms with van der Waals surface area (Å²) in [6.45, 7) is 3.98. The average Bonchev–Trinajstić information content (AvgIpc) is 2.84. The van der Waals surface area contributed by atoms with Gasteiger partial charge in [-0.25, -0.2) is 4.79 Å². The fraction of sp³-hybridized carbons (Fsp3) is 0.310. The molecule has 0 bridgehead atoms. The largest absolute Gasteiger partial charge is 0.423 e. The number of halogens is 3. The van der Waals surface area contributed by atoms with Crippen LogP contribution in [0.25, 0.3) is 11.1 Å². The number of benzene rings is 3. The molecule has 0 amide bonds. The Morgan fingerprint density at radius 2 is 1.31 bits per heavy atom. The van der Waals surface area contributed by atoms with Gasteiger partial charge in [-0.3, -0.25) is 4.79 Å². The van der Waals surface area contributed by atoms with Crippen LogP contribution in [-0.4, -0.2) is 17.9 Å². The molecule has 0 radical (unpaired) electrons. The number of ether oxygens (including phenoxy) is 1. The van der Waals surface area contributed by atoms with Crippen LogP contribution in [0.1, 0.15) is 65.3 Å². The maximum Gasteiger partial charge on any atom is 0.398 e. The summed E-state index contributed by atoms with van der Waals surface area (Å²) in [5, 5.41) is 0. The van der Waals surface area contributed by atoms with Crippen molar-refractivity contribution in [3.05, 3.63) is 89.5 Å². The van der Waals surface area contributed by atoms with E-state index in [1.165, 1.54) is 24.3 Å². The number of Topliss-reactive ketones (excluding diaryl/α,β-unsaturated/α-hetero) is 1. The van der Waals surface area contributed by atoms with Crippen LogP contribution in [0, 0.1) is 12.8 Å². The van der Waals surface area contributed by atoms with Gasteiger partial charge in [0.05, 0.1) is 5.56 Å². The molecule has 0 unspecified atom stereocenters. The zero-order valence-electron chi connectivity index (χ0n) is 19.9. The molecule has 3 aromatic carbocycles. The second-order valence-electron chi connectivity index (χ2n) is 8.67. The van der Waals surface area contributed by atoms with Crippen molar-refractivity contribution in [3.8, 4) is 16.9 Å². The van der Waals surface area contributed by atoms with Gasteiger partial charge in [-0.1, -0.05) is 86.7 Å². The van der Waals surface area contributed by atoms with Gasteiger partial charge >= 0.3 is 12.1 Å². The molecule has 0 heterocycles. The van der Waals surface area contributed by atoms with Crippen LogP contribution in [0.15, 0.2) is 72.8 Å². The Kier molecular flexibility index (Phi) is 8.85. The lowest BCUT2D eigenvalue weighted by atomic mass is 9.91. The summed E-state index contributed by atoms with van der Waals surface area (Å²) in [7, 11) is 0. The molecule has 0 spiro atoms. The number of unbranched alkanes of at least 4 members (excludes halogenated alkanes) is 3. The summed E-state index contributed by atoms with van der Waals surface area (Å²) in [6.07, 6.45) is -2.09. The minimum Gasteiger partial charge on any atom is -0.423 e. The lowest BCUT2D eigenvalue weighted by Crippen LogP contribution is -2.31. The number of hydrogen-bond acceptors (Lipinski definition) is 3. The Balaban J connectivity index is 1.64. The Morgan fingerprint density at radius 1 is 0.771 bits per heavy atom. The monoisotopic (exact) mass is 482 g/mol. The normalized spacial score (nSPS) is 12.3. The molecule has 3 aromatic rings. The van der Waals surface area contributed by atoms with Crippen molar-refractivity contribution < 1.29 is 27.5 Å². The first kappa shape index (κ1) is 26.2. The number of ketones is 1. The van der Waals surface area contributed by atoms with Crippen LogP contribution < -0.4 is 4.74 Å². The first-order valence-electron chi connectivity index (χ1n) is 11.8. The van der Waals surface area contributed by atoms with Crippen LogP contribution >= 0.6 is 0 Å². The van der Waals surface area contributed by atoms with E-state index in [2.05, 4.69) is 0 Å². The second-order valence-corrected chi connectivity index (χ2v) is 8.67. The molecule has 35 heavy (non-hydrogen) atoms. The zero-order chi connectivity index (χ0) is 25.4. The lowest BCUT2D eigenvalue weighted by molar-refractivity contribution is -0.162. The van der Waals surface area contributed by atoms with Gasteiger partial charge < -0.3 is 4.74 Å². The van der Waals surface area contributed by atoms with E-state index in [1.807, 2.05) is 50.2 Å². The maximum atomic E-state index is 13.5. The van der Waals surface area contributed by atoms with Crippen LogP contribution in [0.4, 0.5) is 13.2 Å². The smallest absolute Gasteiger partial charge is 0.398 e.